The number of aliphatic hydroxyl groups is 2. The second kappa shape index (κ2) is 7.92. The smallest absolute Gasteiger partial charge is 0.161 e. The van der Waals surface area contributed by atoms with Gasteiger partial charge in [-0.15, -0.1) is 0 Å². The summed E-state index contributed by atoms with van der Waals surface area (Å²) in [6.45, 7) is 1.11. The molecule has 0 aromatic heterocycles. The van der Waals surface area contributed by atoms with Crippen molar-refractivity contribution in [3.8, 4) is 11.5 Å². The number of rotatable bonds is 8. The Morgan fingerprint density at radius 3 is 2.33 bits per heavy atom. The van der Waals surface area contributed by atoms with Crippen molar-refractivity contribution in [2.45, 2.75) is 6.10 Å². The zero-order chi connectivity index (χ0) is 13.4. The van der Waals surface area contributed by atoms with Gasteiger partial charge in [0.15, 0.2) is 11.5 Å². The lowest BCUT2D eigenvalue weighted by molar-refractivity contribution is 0.0524. The van der Waals surface area contributed by atoms with Crippen LogP contribution in [0.4, 0.5) is 0 Å². The minimum absolute atomic E-state index is 0.0462. The second-order valence-corrected chi connectivity index (χ2v) is 4.25. The van der Waals surface area contributed by atoms with Crippen LogP contribution in [0.25, 0.3) is 0 Å². The maximum atomic E-state index is 9.24. The number of ether oxygens (including phenoxy) is 2. The summed E-state index contributed by atoms with van der Waals surface area (Å²) in [5.41, 5.74) is 0. The number of aliphatic hydroxyl groups excluding tert-OH is 2. The molecule has 2 N–H and O–H groups in total. The van der Waals surface area contributed by atoms with Gasteiger partial charge in [0.2, 0.25) is 0 Å². The summed E-state index contributed by atoms with van der Waals surface area (Å²) in [7, 11) is 3.95. The summed E-state index contributed by atoms with van der Waals surface area (Å²) in [4.78, 5) is 2.03. The molecule has 0 aliphatic carbocycles. The fraction of sp³-hybridized carbons (Fsp3) is 0.538. The van der Waals surface area contributed by atoms with E-state index < -0.39 is 6.10 Å². The molecule has 1 atom stereocenters. The van der Waals surface area contributed by atoms with E-state index in [1.165, 1.54) is 0 Å². The molecule has 5 nitrogen and oxygen atoms in total. The Labute approximate surface area is 108 Å². The van der Waals surface area contributed by atoms with Crippen molar-refractivity contribution >= 4 is 0 Å². The van der Waals surface area contributed by atoms with Crippen LogP contribution in [0.1, 0.15) is 0 Å². The second-order valence-electron chi connectivity index (χ2n) is 4.25. The quantitative estimate of drug-likeness (QED) is 0.702. The molecule has 0 aliphatic heterocycles. The summed E-state index contributed by atoms with van der Waals surface area (Å²) in [5, 5.41) is 18.0. The monoisotopic (exact) mass is 255 g/mol. The predicted octanol–water partition coefficient (Wildman–Crippen LogP) is 0.359. The lowest BCUT2D eigenvalue weighted by atomic mass is 10.3. The van der Waals surface area contributed by atoms with Gasteiger partial charge in [-0.1, -0.05) is 12.1 Å². The van der Waals surface area contributed by atoms with Gasteiger partial charge in [-0.2, -0.15) is 0 Å². The standard InChI is InChI=1S/C13H21NO4/c1-14(2)7-8-17-12-5-3-4-6-13(12)18-10-11(16)9-15/h3-6,11,15-16H,7-10H2,1-2H3. The minimum Gasteiger partial charge on any atom is -0.488 e. The number of para-hydroxylation sites is 2. The summed E-state index contributed by atoms with van der Waals surface area (Å²) in [5.74, 6) is 1.22. The third-order valence-electron chi connectivity index (χ3n) is 2.29. The van der Waals surface area contributed by atoms with Crippen molar-refractivity contribution in [3.63, 3.8) is 0 Å². The molecule has 18 heavy (non-hydrogen) atoms. The van der Waals surface area contributed by atoms with E-state index >= 15 is 0 Å². The van der Waals surface area contributed by atoms with Gasteiger partial charge in [-0.25, -0.2) is 0 Å². The molecule has 1 aromatic rings. The summed E-state index contributed by atoms with van der Waals surface area (Å²) >= 11 is 0. The first-order chi connectivity index (χ1) is 8.63. The number of benzene rings is 1. The van der Waals surface area contributed by atoms with E-state index in [2.05, 4.69) is 0 Å². The average molecular weight is 255 g/mol. The van der Waals surface area contributed by atoms with Crippen LogP contribution in [0.5, 0.6) is 11.5 Å². The maximum absolute atomic E-state index is 9.24. The molecule has 0 heterocycles. The molecule has 0 saturated heterocycles. The van der Waals surface area contributed by atoms with E-state index in [9.17, 15) is 5.11 Å². The van der Waals surface area contributed by atoms with Gasteiger partial charge in [0.05, 0.1) is 6.61 Å². The lowest BCUT2D eigenvalue weighted by Crippen LogP contribution is -2.22. The molecule has 0 fully saturated rings. The normalized spacial score (nSPS) is 12.5. The Balaban J connectivity index is 2.50. The maximum Gasteiger partial charge on any atom is 0.161 e. The molecule has 1 rings (SSSR count). The highest BCUT2D eigenvalue weighted by molar-refractivity contribution is 5.39. The number of hydrogen-bond donors (Lipinski definition) is 2. The summed E-state index contributed by atoms with van der Waals surface area (Å²) < 4.78 is 11.0. The molecule has 0 spiro atoms. The van der Waals surface area contributed by atoms with E-state index in [-0.39, 0.29) is 13.2 Å². The average Bonchev–Trinajstić information content (AvgIpc) is 2.36. The van der Waals surface area contributed by atoms with Crippen molar-refractivity contribution in [3.05, 3.63) is 24.3 Å². The number of nitrogens with zero attached hydrogens (tertiary/aromatic N) is 1. The van der Waals surface area contributed by atoms with E-state index in [1.807, 2.05) is 37.2 Å². The largest absolute Gasteiger partial charge is 0.488 e. The van der Waals surface area contributed by atoms with E-state index in [1.54, 1.807) is 6.07 Å². The minimum atomic E-state index is -0.875. The fourth-order valence-corrected chi connectivity index (χ4v) is 1.27. The Morgan fingerprint density at radius 1 is 1.17 bits per heavy atom. The highest BCUT2D eigenvalue weighted by Gasteiger charge is 2.07. The molecule has 0 aliphatic rings. The zero-order valence-electron chi connectivity index (χ0n) is 10.9. The molecular weight excluding hydrogens is 234 g/mol. The first-order valence-corrected chi connectivity index (χ1v) is 5.91. The van der Waals surface area contributed by atoms with E-state index in [0.29, 0.717) is 18.1 Å². The summed E-state index contributed by atoms with van der Waals surface area (Å²) in [6.07, 6.45) is -0.875. The lowest BCUT2D eigenvalue weighted by Gasteiger charge is -2.15. The predicted molar refractivity (Wildman–Crippen MR) is 69.1 cm³/mol. The highest BCUT2D eigenvalue weighted by Crippen LogP contribution is 2.26. The van der Waals surface area contributed by atoms with Crippen LogP contribution in [0.15, 0.2) is 24.3 Å². The van der Waals surface area contributed by atoms with Crippen LogP contribution in [0.3, 0.4) is 0 Å². The Morgan fingerprint density at radius 2 is 1.78 bits per heavy atom. The zero-order valence-corrected chi connectivity index (χ0v) is 10.9. The SMILES string of the molecule is CN(C)CCOc1ccccc1OCC(O)CO. The molecule has 5 heteroatoms. The molecule has 1 unspecified atom stereocenters. The van der Waals surface area contributed by atoms with Crippen molar-refractivity contribution in [1.29, 1.82) is 0 Å². The van der Waals surface area contributed by atoms with E-state index in [0.717, 1.165) is 6.54 Å². The van der Waals surface area contributed by atoms with Gasteiger partial charge in [0.25, 0.3) is 0 Å². The number of likely N-dealkylation sites (N-methyl/N-ethyl adjacent to an activating group) is 1. The first kappa shape index (κ1) is 14.8. The van der Waals surface area contributed by atoms with Crippen molar-refractivity contribution in [2.24, 2.45) is 0 Å². The number of hydrogen-bond acceptors (Lipinski definition) is 5. The molecule has 0 radical (unpaired) electrons. The molecule has 102 valence electrons. The topological polar surface area (TPSA) is 62.2 Å². The van der Waals surface area contributed by atoms with Crippen LogP contribution in [0.2, 0.25) is 0 Å². The van der Waals surface area contributed by atoms with Crippen LogP contribution < -0.4 is 9.47 Å². The van der Waals surface area contributed by atoms with Crippen molar-refractivity contribution < 1.29 is 19.7 Å². The summed E-state index contributed by atoms with van der Waals surface area (Å²) in [6, 6.07) is 7.28. The Kier molecular flexibility index (Phi) is 6.49. The third kappa shape index (κ3) is 5.35. The van der Waals surface area contributed by atoms with Crippen molar-refractivity contribution in [2.75, 3.05) is 40.5 Å². The van der Waals surface area contributed by atoms with Gasteiger partial charge < -0.3 is 24.6 Å². The highest BCUT2D eigenvalue weighted by atomic mass is 16.5. The molecule has 1 aromatic carbocycles. The van der Waals surface area contributed by atoms with Gasteiger partial charge >= 0.3 is 0 Å². The molecule has 0 bridgehead atoms. The third-order valence-corrected chi connectivity index (χ3v) is 2.29. The fourth-order valence-electron chi connectivity index (χ4n) is 1.27. The van der Waals surface area contributed by atoms with Gasteiger partial charge in [0, 0.05) is 6.54 Å². The van der Waals surface area contributed by atoms with E-state index in [4.69, 9.17) is 14.6 Å². The Bertz CT molecular complexity index is 344. The van der Waals surface area contributed by atoms with Crippen LogP contribution >= 0.6 is 0 Å². The van der Waals surface area contributed by atoms with Crippen LogP contribution in [-0.2, 0) is 0 Å². The van der Waals surface area contributed by atoms with Crippen LogP contribution in [0, 0.1) is 0 Å². The van der Waals surface area contributed by atoms with Gasteiger partial charge in [0.1, 0.15) is 19.3 Å². The molecule has 0 saturated carbocycles. The molecular formula is C13H21NO4. The van der Waals surface area contributed by atoms with Crippen LogP contribution in [-0.4, -0.2) is 61.7 Å². The first-order valence-electron chi connectivity index (χ1n) is 5.91. The van der Waals surface area contributed by atoms with Gasteiger partial charge in [-0.3, -0.25) is 0 Å². The van der Waals surface area contributed by atoms with Crippen molar-refractivity contribution in [1.82, 2.24) is 4.90 Å². The molecule has 0 amide bonds. The van der Waals surface area contributed by atoms with Gasteiger partial charge in [-0.05, 0) is 26.2 Å². The Hall–Kier alpha value is -1.30.